The Kier molecular flexibility index (Phi) is 5.30. The van der Waals surface area contributed by atoms with Crippen LogP contribution in [0.15, 0.2) is 126 Å². The van der Waals surface area contributed by atoms with E-state index in [1.54, 1.807) is 0 Å². The van der Waals surface area contributed by atoms with Gasteiger partial charge in [0.05, 0.1) is 11.2 Å². The summed E-state index contributed by atoms with van der Waals surface area (Å²) in [5.74, 6) is 0.709. The maximum atomic E-state index is 6.78. The Hall–Kier alpha value is -5.28. The number of nitrogens with zero attached hydrogens (tertiary/aromatic N) is 2. The van der Waals surface area contributed by atoms with Crippen LogP contribution >= 0.6 is 0 Å². The van der Waals surface area contributed by atoms with Gasteiger partial charge in [0, 0.05) is 38.1 Å². The Labute approximate surface area is 262 Å². The summed E-state index contributed by atoms with van der Waals surface area (Å²) in [5, 5.41) is 5.72. The highest BCUT2D eigenvalue weighted by atomic mass is 16.3. The Morgan fingerprint density at radius 2 is 1.24 bits per heavy atom. The molecule has 0 saturated carbocycles. The maximum absolute atomic E-state index is 6.78. The maximum Gasteiger partial charge on any atom is 0.160 e. The van der Waals surface area contributed by atoms with Crippen LogP contribution < -0.4 is 0 Å². The fraction of sp³-hybridized carbons (Fsp3) is 0.143. The average molecular weight is 581 g/mol. The van der Waals surface area contributed by atoms with Gasteiger partial charge in [-0.15, -0.1) is 0 Å². The molecule has 45 heavy (non-hydrogen) atoms. The molecule has 2 heterocycles. The summed E-state index contributed by atoms with van der Waals surface area (Å²) < 4.78 is 6.78. The number of fused-ring (bicyclic) bond motifs is 11. The third-order valence-corrected chi connectivity index (χ3v) is 10.6. The normalized spacial score (nSPS) is 15.0. The minimum Gasteiger partial charge on any atom is -0.455 e. The third-order valence-electron chi connectivity index (χ3n) is 10.6. The molecule has 1 aliphatic carbocycles. The van der Waals surface area contributed by atoms with Crippen molar-refractivity contribution < 1.29 is 4.42 Å². The van der Waals surface area contributed by atoms with Gasteiger partial charge in [-0.3, -0.25) is 0 Å². The van der Waals surface area contributed by atoms with Crippen molar-refractivity contribution >= 4 is 43.6 Å². The van der Waals surface area contributed by atoms with Crippen molar-refractivity contribution in [3.63, 3.8) is 0 Å². The van der Waals surface area contributed by atoms with Crippen molar-refractivity contribution in [1.29, 1.82) is 0 Å². The van der Waals surface area contributed by atoms with Gasteiger partial charge in [0.25, 0.3) is 0 Å². The highest BCUT2D eigenvalue weighted by Crippen LogP contribution is 2.58. The van der Waals surface area contributed by atoms with Gasteiger partial charge in [-0.2, -0.15) is 0 Å². The summed E-state index contributed by atoms with van der Waals surface area (Å²) in [6, 6.07) is 42.8. The molecule has 0 unspecified atom stereocenters. The molecule has 6 aromatic carbocycles. The molecule has 0 fully saturated rings. The number of hydrogen-bond acceptors (Lipinski definition) is 3. The van der Waals surface area contributed by atoms with E-state index in [1.807, 2.05) is 12.1 Å². The summed E-state index contributed by atoms with van der Waals surface area (Å²) in [4.78, 5) is 10.3. The number of aromatic nitrogens is 2. The molecule has 0 aliphatic heterocycles. The summed E-state index contributed by atoms with van der Waals surface area (Å²) in [7, 11) is 0. The first-order chi connectivity index (χ1) is 21.8. The molecule has 3 nitrogen and oxygen atoms in total. The first kappa shape index (κ1) is 26.2. The monoisotopic (exact) mass is 580 g/mol. The Morgan fingerprint density at radius 3 is 2.07 bits per heavy atom. The SMILES string of the molecule is CC1(C)c2ccccc2-c2c(c3ccccc3c3oc4ccc(-c5nc(-c6ccccc6)c6ccccc6n5)cc4c23)C1(C)C. The van der Waals surface area contributed by atoms with Crippen LogP contribution in [-0.4, -0.2) is 9.97 Å². The highest BCUT2D eigenvalue weighted by molar-refractivity contribution is 6.24. The van der Waals surface area contributed by atoms with Gasteiger partial charge < -0.3 is 4.42 Å². The van der Waals surface area contributed by atoms with Crippen LogP contribution in [0.4, 0.5) is 0 Å². The molecule has 2 aromatic heterocycles. The predicted molar refractivity (Wildman–Crippen MR) is 187 cm³/mol. The smallest absolute Gasteiger partial charge is 0.160 e. The molecule has 0 radical (unpaired) electrons. The van der Waals surface area contributed by atoms with Crippen molar-refractivity contribution in [1.82, 2.24) is 9.97 Å². The zero-order chi connectivity index (χ0) is 30.5. The molecular formula is C42H32N2O. The molecule has 1 aliphatic rings. The molecule has 0 atom stereocenters. The third kappa shape index (κ3) is 3.52. The van der Waals surface area contributed by atoms with Crippen molar-refractivity contribution in [2.75, 3.05) is 0 Å². The molecule has 9 rings (SSSR count). The lowest BCUT2D eigenvalue weighted by Gasteiger charge is -2.49. The van der Waals surface area contributed by atoms with Gasteiger partial charge in [0.15, 0.2) is 5.82 Å². The highest BCUT2D eigenvalue weighted by Gasteiger charge is 2.47. The molecule has 0 saturated heterocycles. The van der Waals surface area contributed by atoms with Crippen molar-refractivity contribution in [3.05, 3.63) is 132 Å². The van der Waals surface area contributed by atoms with Crippen molar-refractivity contribution in [2.45, 2.75) is 38.5 Å². The number of benzene rings is 6. The number of furan rings is 1. The fourth-order valence-electron chi connectivity index (χ4n) is 7.67. The second-order valence-corrected chi connectivity index (χ2v) is 13.4. The Bertz CT molecular complexity index is 2480. The topological polar surface area (TPSA) is 38.9 Å². The van der Waals surface area contributed by atoms with Crippen molar-refractivity contribution in [3.8, 4) is 33.8 Å². The van der Waals surface area contributed by atoms with Gasteiger partial charge in [-0.25, -0.2) is 9.97 Å². The lowest BCUT2D eigenvalue weighted by Crippen LogP contribution is -2.43. The molecule has 3 heteroatoms. The van der Waals surface area contributed by atoms with Gasteiger partial charge in [-0.1, -0.05) is 125 Å². The molecule has 0 amide bonds. The fourth-order valence-corrected chi connectivity index (χ4v) is 7.67. The lowest BCUT2D eigenvalue weighted by atomic mass is 9.54. The first-order valence-electron chi connectivity index (χ1n) is 15.7. The lowest BCUT2D eigenvalue weighted by molar-refractivity contribution is 0.301. The van der Waals surface area contributed by atoms with Crippen LogP contribution in [-0.2, 0) is 10.8 Å². The van der Waals surface area contributed by atoms with Crippen LogP contribution in [0, 0.1) is 0 Å². The van der Waals surface area contributed by atoms with E-state index in [-0.39, 0.29) is 10.8 Å². The van der Waals surface area contributed by atoms with E-state index in [4.69, 9.17) is 14.4 Å². The minimum absolute atomic E-state index is 0.0789. The van der Waals surface area contributed by atoms with Crippen LogP contribution in [0.25, 0.3) is 77.4 Å². The standard InChI is InChI=1S/C42H32N2O/c1-41(2)32-20-12-10-18-29(32)35-36-31-24-26(40-43-33-21-13-11-19-30(33)38(44-40)25-14-6-5-7-15-25)22-23-34(31)45-39(36)28-17-9-8-16-27(28)37(35)42(41,3)4/h5-24H,1-4H3. The average Bonchev–Trinajstić information content (AvgIpc) is 3.46. The van der Waals surface area contributed by atoms with Crippen LogP contribution in [0.2, 0.25) is 0 Å². The van der Waals surface area contributed by atoms with Crippen LogP contribution in [0.5, 0.6) is 0 Å². The Morgan fingerprint density at radius 1 is 0.556 bits per heavy atom. The number of para-hydroxylation sites is 1. The van der Waals surface area contributed by atoms with E-state index in [1.165, 1.54) is 33.0 Å². The van der Waals surface area contributed by atoms with E-state index in [2.05, 4.69) is 137 Å². The molecule has 8 aromatic rings. The molecule has 0 spiro atoms. The summed E-state index contributed by atoms with van der Waals surface area (Å²) in [6.07, 6.45) is 0. The second-order valence-electron chi connectivity index (χ2n) is 13.4. The van der Waals surface area contributed by atoms with E-state index in [0.29, 0.717) is 5.82 Å². The predicted octanol–water partition coefficient (Wildman–Crippen LogP) is 11.3. The minimum atomic E-state index is -0.141. The van der Waals surface area contributed by atoms with E-state index in [9.17, 15) is 0 Å². The number of hydrogen-bond donors (Lipinski definition) is 0. The van der Waals surface area contributed by atoms with Crippen LogP contribution in [0.3, 0.4) is 0 Å². The van der Waals surface area contributed by atoms with Gasteiger partial charge in [0.2, 0.25) is 0 Å². The zero-order valence-electron chi connectivity index (χ0n) is 25.8. The molecule has 216 valence electrons. The Balaban J connectivity index is 1.40. The summed E-state index contributed by atoms with van der Waals surface area (Å²) in [6.45, 7) is 9.59. The van der Waals surface area contributed by atoms with E-state index >= 15 is 0 Å². The van der Waals surface area contributed by atoms with Crippen LogP contribution in [0.1, 0.15) is 38.8 Å². The van der Waals surface area contributed by atoms with Crippen molar-refractivity contribution in [2.24, 2.45) is 0 Å². The zero-order valence-corrected chi connectivity index (χ0v) is 25.8. The van der Waals surface area contributed by atoms with E-state index in [0.717, 1.165) is 49.7 Å². The summed E-state index contributed by atoms with van der Waals surface area (Å²) in [5.41, 5.74) is 10.8. The quantitative estimate of drug-likeness (QED) is 0.204. The molecule has 0 bridgehead atoms. The van der Waals surface area contributed by atoms with E-state index < -0.39 is 0 Å². The van der Waals surface area contributed by atoms with Gasteiger partial charge >= 0.3 is 0 Å². The molecule has 0 N–H and O–H groups in total. The first-order valence-corrected chi connectivity index (χ1v) is 15.7. The second kappa shape index (κ2) is 9.12. The largest absolute Gasteiger partial charge is 0.455 e. The number of rotatable bonds is 2. The summed E-state index contributed by atoms with van der Waals surface area (Å²) >= 11 is 0. The van der Waals surface area contributed by atoms with Gasteiger partial charge in [-0.05, 0) is 57.3 Å². The van der Waals surface area contributed by atoms with Gasteiger partial charge in [0.1, 0.15) is 11.2 Å². The molecular weight excluding hydrogens is 548 g/mol.